The van der Waals surface area contributed by atoms with Crippen LogP contribution in [0.1, 0.15) is 41.5 Å². The third-order valence-electron chi connectivity index (χ3n) is 27.0. The second-order valence-electron chi connectivity index (χ2n) is 37.4. The second-order valence-corrected chi connectivity index (χ2v) is 37.4. The van der Waals surface area contributed by atoms with Crippen LogP contribution in [0.4, 0.5) is 0 Å². The molecule has 12 saturated heterocycles. The lowest BCUT2D eigenvalue weighted by molar-refractivity contribution is -0.405. The molecule has 0 bridgehead atoms. The normalized spacial score (nSPS) is 49.3. The van der Waals surface area contributed by atoms with E-state index in [-0.39, 0.29) is 0 Å². The van der Waals surface area contributed by atoms with E-state index in [2.05, 4.69) is 26.6 Å². The average Bonchev–Trinajstić information content (AvgIpc) is 0.732. The molecule has 12 aliphatic heterocycles. The lowest BCUT2D eigenvalue weighted by Crippen LogP contribution is -2.71. The minimum absolute atomic E-state index is 0.858. The Bertz CT molecular complexity index is 4200. The Morgan fingerprint density at radius 3 is 0.892 bits per heavy atom. The van der Waals surface area contributed by atoms with Gasteiger partial charge in [-0.15, -0.1) is 0 Å². The molecule has 0 spiro atoms. The Labute approximate surface area is 836 Å². The minimum atomic E-state index is -2.78. The summed E-state index contributed by atoms with van der Waals surface area (Å²) < 4.78 is 138. The lowest BCUT2D eigenvalue weighted by Gasteiger charge is -2.52. The van der Waals surface area contributed by atoms with E-state index in [1.165, 1.54) is 6.92 Å². The number of hydrogen-bond acceptors (Lipinski definition) is 60. The van der Waals surface area contributed by atoms with Crippen molar-refractivity contribution in [2.24, 2.45) is 0 Å². The third kappa shape index (κ3) is 26.7. The molecule has 0 aromatic heterocycles. The number of rotatable bonds is 38. The van der Waals surface area contributed by atoms with E-state index in [0.29, 0.717) is 0 Å². The molecule has 5 amide bonds. The highest BCUT2D eigenvalue weighted by Gasteiger charge is 2.64. The van der Waals surface area contributed by atoms with Crippen LogP contribution in [-0.2, 0) is 138 Å². The summed E-state index contributed by atoms with van der Waals surface area (Å²) in [5, 5.41) is 373. The van der Waals surface area contributed by atoms with Crippen LogP contribution in [0.5, 0.6) is 0 Å². The second kappa shape index (κ2) is 52.7. The van der Waals surface area contributed by atoms with Gasteiger partial charge in [0.15, 0.2) is 81.6 Å². The first-order chi connectivity index (χ1) is 69.9. The Morgan fingerprint density at radius 2 is 0.473 bits per heavy atom. The van der Waals surface area contributed by atoms with Crippen molar-refractivity contribution in [3.05, 3.63) is 0 Å². The Morgan fingerprint density at radius 1 is 0.209 bits per heavy atom. The maximum atomic E-state index is 13.5. The van der Waals surface area contributed by atoms with Crippen LogP contribution in [0.3, 0.4) is 0 Å². The molecule has 148 heavy (non-hydrogen) atoms. The van der Waals surface area contributed by atoms with Crippen molar-refractivity contribution >= 4 is 35.5 Å². The van der Waals surface area contributed by atoms with Crippen molar-refractivity contribution < 1.29 is 301 Å². The first kappa shape index (κ1) is 121. The van der Waals surface area contributed by atoms with Gasteiger partial charge in [0.2, 0.25) is 29.5 Å². The van der Waals surface area contributed by atoms with Crippen molar-refractivity contribution in [1.29, 1.82) is 0 Å². The zero-order valence-electron chi connectivity index (χ0n) is 79.4. The number of carbonyl (C=O) groups excluding carboxylic acids is 5. The maximum absolute atomic E-state index is 13.5. The van der Waals surface area contributed by atoms with Gasteiger partial charge in [-0.2, -0.15) is 0 Å². The number of carboxylic acids is 1. The maximum Gasteiger partial charge on any atom is 0.335 e. The van der Waals surface area contributed by atoms with Crippen molar-refractivity contribution in [2.75, 3.05) is 66.1 Å². The Kier molecular flexibility index (Phi) is 43.2. The molecule has 66 nitrogen and oxygen atoms in total. The summed E-state index contributed by atoms with van der Waals surface area (Å²) in [5.74, 6) is -6.93. The summed E-state index contributed by atoms with van der Waals surface area (Å²) in [4.78, 5) is 77.6. The number of aliphatic hydroxyl groups excluding tert-OH is 31. The predicted octanol–water partition coefficient (Wildman–Crippen LogP) is -25.3. The quantitative estimate of drug-likeness (QED) is 0.0273. The van der Waals surface area contributed by atoms with E-state index in [4.69, 9.17) is 109 Å². The van der Waals surface area contributed by atoms with Gasteiger partial charge in [-0.3, -0.25) is 24.0 Å². The zero-order valence-corrected chi connectivity index (χ0v) is 79.4. The van der Waals surface area contributed by atoms with Gasteiger partial charge in [0.05, 0.1) is 72.2 Å². The van der Waals surface area contributed by atoms with E-state index in [1.54, 1.807) is 0 Å². The van der Waals surface area contributed by atoms with Crippen LogP contribution in [0.2, 0.25) is 0 Å². The standard InChI is InChI=1S/C82H135N5O61/c1-17-38(101)49(112)54(117)76(128-17)126-16-32-64(45(108)33(71(125)129-32)83-18(2)96)140-74-36(86-21(5)99)47(110)62(29(13-94)135-74)143-80-59(122)66(43(106)31(138-80)15-127-81-68(52(115)41(104)25(9-90)133-81)147-75-37(87-22(6)100)48(111)60(27(11-92)136-75)141-77-55(118)50(113)40(103)24(8-89)131-77)145-82-69(148-72-34(84-19(3)97)44(107)39(102)23(7-88)130-72)57(120)63(30(14-95)137-82)139-73-35(85-20(4)98)46(109)61(28(12-93)134-73)142-79-58(121)65(42(105)26(10-91)132-79)144-78-56(119)51(114)53(116)67(146-78)70(123)124/h17,23-69,71-82,88-95,101-122,125H,7-16H2,1-6H3,(H,83,96)(H,84,97)(H,85,98)(H,86,99)(H,87,100)(H,123,124)/t17-,23+,24+,25+,26+,27+,28+,29+,30+,31+,32+,33+,34+,35+,36+,37+,38+,39+,40-,41+,42-,43+,44+,45+,46+,47+,48+,49+,50-,51-,52-,53-,54-,55+,56+,57-,58+,59-,60+,61+,62+,63+,64+,65-,66-,67-,68-,69-,71+,72-,73-,74-,75-,76+,77-,78+,79-,80-,81-,82+/m0/s1. The molecule has 0 aromatic carbocycles. The summed E-state index contributed by atoms with van der Waals surface area (Å²) in [5.41, 5.74) is 0. The Balaban J connectivity index is 0.898. The first-order valence-electron chi connectivity index (χ1n) is 47.0. The number of carboxylic acid groups (broad SMARTS) is 1. The molecule has 12 heterocycles. The molecule has 60 atom stereocenters. The molecule has 12 fully saturated rings. The molecule has 66 heteroatoms. The minimum Gasteiger partial charge on any atom is -0.479 e. The number of nitrogens with one attached hydrogen (secondary N) is 5. The Hall–Kier alpha value is -5.34. The molecular weight excluding hydrogens is 2030 g/mol. The number of ether oxygens (including phenoxy) is 23. The SMILES string of the molecule is CC(=O)N[C@@H]1[C@@H](O)[C@H](O[C@@H]2O[C@H](CO)[C@@H](O[C@@H]3O[C@H](CO[C@H]4O[C@H](CO)[C@@H](O)[C@H](O)[C@@H]4O[C@@H]4O[C@H](CO)[C@@H](O[C@@H]5O[C@H](CO)[C@H](O)[C@H](O)[C@H]5O)[C@H](O)[C@H]4NC(C)=O)[C@@H](O)[C@H](O[C@H]4O[C@H](CO)[C@@H](O[C@@H]5O[C@H](CO)[C@@H](O[C@@H]6O[C@H](CO)[C@H](O)[C@H](O[C@@H]7O[C@H](C(=O)O)[C@@H](O)[C@H](O)[C@H]7O)[C@H]6O)[C@H](O)[C@H]5NC(C)=O)[C@H](O)[C@@H]4O[C@@H]4O[C@H](CO)[C@@H](O)[C@H](O)[C@H]4NC(C)=O)[C@@H]3O)[C@H](O)[C@H]2NC(C)=O)[C@@H](CO[C@@H]2O[C@@H](C)[C@@H](O)[C@@H](O)[C@@H]2O)O[C@H]1O. The highest BCUT2D eigenvalue weighted by atomic mass is 16.8. The van der Waals surface area contributed by atoms with Gasteiger partial charge in [-0.05, 0) is 6.92 Å². The lowest BCUT2D eigenvalue weighted by atomic mass is 9.93. The van der Waals surface area contributed by atoms with Gasteiger partial charge in [-0.25, -0.2) is 4.79 Å². The predicted molar refractivity (Wildman–Crippen MR) is 452 cm³/mol. The highest BCUT2D eigenvalue weighted by molar-refractivity contribution is 5.75. The van der Waals surface area contributed by atoms with Crippen LogP contribution in [-0.4, -0.2) is 633 Å². The average molecular weight is 2170 g/mol. The molecule has 854 valence electrons. The van der Waals surface area contributed by atoms with Crippen molar-refractivity contribution in [2.45, 2.75) is 410 Å². The third-order valence-corrected chi connectivity index (χ3v) is 27.0. The highest BCUT2D eigenvalue weighted by Crippen LogP contribution is 2.43. The number of carbonyl (C=O) groups is 6. The molecule has 0 unspecified atom stereocenters. The summed E-state index contributed by atoms with van der Waals surface area (Å²) >= 11 is 0. The van der Waals surface area contributed by atoms with Crippen molar-refractivity contribution in [3.63, 3.8) is 0 Å². The van der Waals surface area contributed by atoms with Gasteiger partial charge in [0.25, 0.3) is 0 Å². The molecular formula is C82H135N5O61. The van der Waals surface area contributed by atoms with Crippen molar-refractivity contribution in [1.82, 2.24) is 26.6 Å². The summed E-state index contributed by atoms with van der Waals surface area (Å²) in [7, 11) is 0. The summed E-state index contributed by atoms with van der Waals surface area (Å²) in [6.45, 7) is -6.35. The van der Waals surface area contributed by atoms with E-state index in [9.17, 15) is 192 Å². The van der Waals surface area contributed by atoms with Crippen molar-refractivity contribution in [3.8, 4) is 0 Å². The van der Waals surface area contributed by atoms with E-state index in [0.717, 1.165) is 34.6 Å². The molecule has 12 aliphatic rings. The smallest absolute Gasteiger partial charge is 0.335 e. The fraction of sp³-hybridized carbons (Fsp3) is 0.927. The van der Waals surface area contributed by atoms with Gasteiger partial charge < -0.3 is 299 Å². The van der Waals surface area contributed by atoms with Gasteiger partial charge in [0, 0.05) is 34.6 Å². The molecule has 0 saturated carbocycles. The van der Waals surface area contributed by atoms with Crippen LogP contribution in [0.25, 0.3) is 0 Å². The van der Waals surface area contributed by atoms with Gasteiger partial charge in [-0.1, -0.05) is 0 Å². The largest absolute Gasteiger partial charge is 0.479 e. The topological polar surface area (TPSA) is 1020 Å². The van der Waals surface area contributed by atoms with E-state index >= 15 is 0 Å². The number of hydrogen-bond donors (Lipinski definition) is 37. The van der Waals surface area contributed by atoms with Crippen LogP contribution in [0.15, 0.2) is 0 Å². The zero-order chi connectivity index (χ0) is 109. The fourth-order valence-electron chi connectivity index (χ4n) is 19.1. The molecule has 37 N–H and O–H groups in total. The molecule has 0 aromatic rings. The summed E-state index contributed by atoms with van der Waals surface area (Å²) in [6, 6.07) is -10.1. The molecule has 12 rings (SSSR count). The molecule has 0 radical (unpaired) electrons. The molecule has 0 aliphatic carbocycles. The van der Waals surface area contributed by atoms with Crippen LogP contribution in [0, 0.1) is 0 Å². The van der Waals surface area contributed by atoms with Gasteiger partial charge >= 0.3 is 5.97 Å². The monoisotopic (exact) mass is 2170 g/mol. The number of amides is 5. The van der Waals surface area contributed by atoms with Gasteiger partial charge in [0.1, 0.15) is 280 Å². The van der Waals surface area contributed by atoms with E-state index in [1.807, 2.05) is 0 Å². The first-order valence-corrected chi connectivity index (χ1v) is 47.0. The summed E-state index contributed by atoms with van der Waals surface area (Å²) in [6.07, 6.45) is -121. The number of aliphatic carboxylic acids is 1. The van der Waals surface area contributed by atoms with Crippen LogP contribution < -0.4 is 26.6 Å². The van der Waals surface area contributed by atoms with Crippen LogP contribution >= 0.6 is 0 Å². The number of aliphatic hydroxyl groups is 31. The van der Waals surface area contributed by atoms with E-state index < -0.39 is 470 Å². The fourth-order valence-corrected chi connectivity index (χ4v) is 19.1.